The smallest absolute Gasteiger partial charge is 0.343 e. The SMILES string of the molecule is C=C/C=C\C(=C/C)C(=O)OC(=C)/C=C(O)\C=C/C. The Kier molecular flexibility index (Phi) is 7.69. The maximum Gasteiger partial charge on any atom is 0.343 e. The highest BCUT2D eigenvalue weighted by Crippen LogP contribution is 2.07. The topological polar surface area (TPSA) is 46.5 Å². The number of carbonyl (C=O) groups is 1. The quantitative estimate of drug-likeness (QED) is 0.336. The molecule has 0 aromatic carbocycles. The van der Waals surface area contributed by atoms with Gasteiger partial charge < -0.3 is 9.84 Å². The first-order valence-corrected chi connectivity index (χ1v) is 5.45. The fourth-order valence-corrected chi connectivity index (χ4v) is 1.05. The van der Waals surface area contributed by atoms with Gasteiger partial charge in [-0.05, 0) is 26.0 Å². The molecule has 0 atom stereocenters. The molecule has 0 spiro atoms. The Hall–Kier alpha value is -2.29. The monoisotopic (exact) mass is 246 g/mol. The summed E-state index contributed by atoms with van der Waals surface area (Å²) in [5, 5.41) is 9.35. The number of ether oxygens (including phenoxy) is 1. The van der Waals surface area contributed by atoms with Gasteiger partial charge in [0.15, 0.2) is 0 Å². The zero-order chi connectivity index (χ0) is 14.0. The van der Waals surface area contributed by atoms with E-state index in [1.165, 1.54) is 12.2 Å². The van der Waals surface area contributed by atoms with Crippen molar-refractivity contribution >= 4 is 5.97 Å². The van der Waals surface area contributed by atoms with E-state index in [4.69, 9.17) is 4.74 Å². The van der Waals surface area contributed by atoms with Gasteiger partial charge in [0.25, 0.3) is 0 Å². The summed E-state index contributed by atoms with van der Waals surface area (Å²) in [7, 11) is 0. The Morgan fingerprint density at radius 2 is 1.94 bits per heavy atom. The second-order valence-electron chi connectivity index (χ2n) is 3.26. The molecule has 96 valence electrons. The lowest BCUT2D eigenvalue weighted by molar-refractivity contribution is -0.134. The molecule has 1 N–H and O–H groups in total. The highest BCUT2D eigenvalue weighted by Gasteiger charge is 2.08. The molecule has 0 saturated heterocycles. The van der Waals surface area contributed by atoms with E-state index in [-0.39, 0.29) is 11.5 Å². The molecule has 3 nitrogen and oxygen atoms in total. The van der Waals surface area contributed by atoms with Crippen molar-refractivity contribution in [3.05, 3.63) is 72.8 Å². The second kappa shape index (κ2) is 8.82. The van der Waals surface area contributed by atoms with Crippen molar-refractivity contribution in [2.24, 2.45) is 0 Å². The number of allylic oxidation sites excluding steroid dienone is 6. The fourth-order valence-electron chi connectivity index (χ4n) is 1.05. The first kappa shape index (κ1) is 15.7. The van der Waals surface area contributed by atoms with Gasteiger partial charge in [-0.1, -0.05) is 37.5 Å². The van der Waals surface area contributed by atoms with Crippen LogP contribution in [0.25, 0.3) is 0 Å². The molecule has 0 aromatic heterocycles. The molecule has 3 heteroatoms. The summed E-state index contributed by atoms with van der Waals surface area (Å²) in [5.41, 5.74) is 0.384. The van der Waals surface area contributed by atoms with Crippen molar-refractivity contribution in [2.45, 2.75) is 13.8 Å². The Bertz CT molecular complexity index is 435. The summed E-state index contributed by atoms with van der Waals surface area (Å²) in [5.74, 6) is -0.494. The zero-order valence-electron chi connectivity index (χ0n) is 10.7. The second-order valence-corrected chi connectivity index (χ2v) is 3.26. The number of aliphatic hydroxyl groups excluding tert-OH is 1. The lowest BCUT2D eigenvalue weighted by Crippen LogP contribution is -2.05. The van der Waals surface area contributed by atoms with E-state index in [2.05, 4.69) is 13.2 Å². The lowest BCUT2D eigenvalue weighted by atomic mass is 10.2. The molecule has 0 aromatic rings. The number of esters is 1. The molecule has 0 aliphatic rings. The minimum Gasteiger partial charge on any atom is -0.508 e. The molecule has 0 amide bonds. The Labute approximate surface area is 108 Å². The van der Waals surface area contributed by atoms with Crippen molar-refractivity contribution in [1.82, 2.24) is 0 Å². The van der Waals surface area contributed by atoms with Crippen LogP contribution in [-0.4, -0.2) is 11.1 Å². The number of hydrogen-bond acceptors (Lipinski definition) is 3. The molecule has 0 aliphatic carbocycles. The first-order chi connectivity index (χ1) is 8.54. The molecule has 18 heavy (non-hydrogen) atoms. The summed E-state index contributed by atoms with van der Waals surface area (Å²) in [6, 6.07) is 0. The normalized spacial score (nSPS) is 13.0. The van der Waals surface area contributed by atoms with Gasteiger partial charge in [0.1, 0.15) is 11.5 Å². The van der Waals surface area contributed by atoms with Gasteiger partial charge in [0, 0.05) is 6.08 Å². The zero-order valence-corrected chi connectivity index (χ0v) is 10.7. The molecule has 0 saturated carbocycles. The maximum atomic E-state index is 11.7. The van der Waals surface area contributed by atoms with E-state index >= 15 is 0 Å². The average Bonchev–Trinajstić information content (AvgIpc) is 2.29. The van der Waals surface area contributed by atoms with Crippen LogP contribution in [0.4, 0.5) is 0 Å². The summed E-state index contributed by atoms with van der Waals surface area (Å²) in [6.07, 6.45) is 10.8. The predicted molar refractivity (Wildman–Crippen MR) is 73.9 cm³/mol. The lowest BCUT2D eigenvalue weighted by Gasteiger charge is -2.04. The van der Waals surface area contributed by atoms with Gasteiger partial charge in [-0.3, -0.25) is 0 Å². The molecular formula is C15H18O3. The molecule has 0 radical (unpaired) electrons. The fraction of sp³-hybridized carbons (Fsp3) is 0.133. The van der Waals surface area contributed by atoms with Crippen LogP contribution in [0.3, 0.4) is 0 Å². The maximum absolute atomic E-state index is 11.7. The van der Waals surface area contributed by atoms with E-state index in [9.17, 15) is 9.90 Å². The van der Waals surface area contributed by atoms with Crippen LogP contribution in [-0.2, 0) is 9.53 Å². The average molecular weight is 246 g/mol. The first-order valence-electron chi connectivity index (χ1n) is 5.45. The third-order valence-electron chi connectivity index (χ3n) is 1.83. The van der Waals surface area contributed by atoms with Gasteiger partial charge in [-0.25, -0.2) is 4.79 Å². The summed E-state index contributed by atoms with van der Waals surface area (Å²) < 4.78 is 4.96. The Morgan fingerprint density at radius 1 is 1.28 bits per heavy atom. The Morgan fingerprint density at radius 3 is 2.44 bits per heavy atom. The van der Waals surface area contributed by atoms with Crippen molar-refractivity contribution in [3.63, 3.8) is 0 Å². The van der Waals surface area contributed by atoms with Gasteiger partial charge in [0.2, 0.25) is 0 Å². The van der Waals surface area contributed by atoms with Crippen molar-refractivity contribution in [3.8, 4) is 0 Å². The largest absolute Gasteiger partial charge is 0.508 e. The van der Waals surface area contributed by atoms with Crippen LogP contribution in [0.5, 0.6) is 0 Å². The summed E-state index contributed by atoms with van der Waals surface area (Å²) in [6.45, 7) is 10.5. The molecule has 0 bridgehead atoms. The molecule has 0 aliphatic heterocycles. The van der Waals surface area contributed by atoms with E-state index < -0.39 is 5.97 Å². The predicted octanol–water partition coefficient (Wildman–Crippen LogP) is 3.75. The van der Waals surface area contributed by atoms with Crippen LogP contribution in [0.2, 0.25) is 0 Å². The summed E-state index contributed by atoms with van der Waals surface area (Å²) in [4.78, 5) is 11.7. The van der Waals surface area contributed by atoms with Gasteiger partial charge in [-0.15, -0.1) is 0 Å². The summed E-state index contributed by atoms with van der Waals surface area (Å²) >= 11 is 0. The number of aliphatic hydroxyl groups is 1. The standard InChI is InChI=1S/C15H18O3/c1-5-8-10-13(7-3)15(17)18-12(4)11-14(16)9-6-2/h5-11,16H,1,4H2,2-3H3/b9-6-,10-8-,13-7+,14-11+. The number of hydrogen-bond donors (Lipinski definition) is 1. The van der Waals surface area contributed by atoms with Gasteiger partial charge in [0.05, 0.1) is 5.57 Å². The highest BCUT2D eigenvalue weighted by molar-refractivity contribution is 5.92. The number of rotatable bonds is 6. The third kappa shape index (κ3) is 6.33. The van der Waals surface area contributed by atoms with E-state index in [0.29, 0.717) is 5.57 Å². The van der Waals surface area contributed by atoms with Crippen LogP contribution >= 0.6 is 0 Å². The minimum absolute atomic E-state index is 0.0287. The van der Waals surface area contributed by atoms with Gasteiger partial charge in [-0.2, -0.15) is 0 Å². The third-order valence-corrected chi connectivity index (χ3v) is 1.83. The minimum atomic E-state index is -0.537. The van der Waals surface area contributed by atoms with Crippen molar-refractivity contribution in [1.29, 1.82) is 0 Å². The molecule has 0 rings (SSSR count). The molecule has 0 fully saturated rings. The van der Waals surface area contributed by atoms with E-state index in [1.807, 2.05) is 0 Å². The van der Waals surface area contributed by atoms with E-state index in [1.54, 1.807) is 44.2 Å². The van der Waals surface area contributed by atoms with Crippen molar-refractivity contribution in [2.75, 3.05) is 0 Å². The molecule has 0 heterocycles. The highest BCUT2D eigenvalue weighted by atomic mass is 16.5. The number of carbonyl (C=O) groups excluding carboxylic acids is 1. The van der Waals surface area contributed by atoms with Gasteiger partial charge >= 0.3 is 5.97 Å². The van der Waals surface area contributed by atoms with Crippen LogP contribution in [0, 0.1) is 0 Å². The van der Waals surface area contributed by atoms with Crippen LogP contribution in [0.15, 0.2) is 72.8 Å². The Balaban J connectivity index is 4.66. The van der Waals surface area contributed by atoms with Crippen LogP contribution in [0.1, 0.15) is 13.8 Å². The molecule has 0 unspecified atom stereocenters. The van der Waals surface area contributed by atoms with Crippen LogP contribution < -0.4 is 0 Å². The molecular weight excluding hydrogens is 228 g/mol. The van der Waals surface area contributed by atoms with E-state index in [0.717, 1.165) is 0 Å². The van der Waals surface area contributed by atoms with Crippen molar-refractivity contribution < 1.29 is 14.6 Å².